The molecule has 3 heteroatoms. The fourth-order valence-corrected chi connectivity index (χ4v) is 3.00. The molecule has 1 aliphatic rings. The van der Waals surface area contributed by atoms with Crippen LogP contribution in [0.3, 0.4) is 0 Å². The zero-order valence-electron chi connectivity index (χ0n) is 13.5. The molecule has 1 fully saturated rings. The molecule has 0 radical (unpaired) electrons. The molecule has 0 saturated heterocycles. The Morgan fingerprint density at radius 3 is 2.76 bits per heavy atom. The lowest BCUT2D eigenvalue weighted by Crippen LogP contribution is -2.21. The quantitative estimate of drug-likeness (QED) is 0.836. The van der Waals surface area contributed by atoms with Gasteiger partial charge in [-0.2, -0.15) is 0 Å². The molecule has 2 unspecified atom stereocenters. The Bertz CT molecular complexity index is 470. The van der Waals surface area contributed by atoms with Gasteiger partial charge in [0.15, 0.2) is 0 Å². The van der Waals surface area contributed by atoms with E-state index < -0.39 is 0 Å². The third kappa shape index (κ3) is 5.07. The van der Waals surface area contributed by atoms with Crippen LogP contribution in [0.4, 0.5) is 11.4 Å². The summed E-state index contributed by atoms with van der Waals surface area (Å²) in [7, 11) is 0. The van der Waals surface area contributed by atoms with Crippen LogP contribution < -0.4 is 10.6 Å². The Labute approximate surface area is 128 Å². The third-order valence-electron chi connectivity index (χ3n) is 4.29. The van der Waals surface area contributed by atoms with Gasteiger partial charge in [0.25, 0.3) is 0 Å². The number of hydrogen-bond donors (Lipinski definition) is 2. The van der Waals surface area contributed by atoms with Gasteiger partial charge in [0.1, 0.15) is 0 Å². The van der Waals surface area contributed by atoms with Crippen LogP contribution in [-0.2, 0) is 4.79 Å². The van der Waals surface area contributed by atoms with Gasteiger partial charge in [-0.1, -0.05) is 39.7 Å². The van der Waals surface area contributed by atoms with Crippen molar-refractivity contribution in [2.24, 2.45) is 17.8 Å². The molecule has 2 N–H and O–H groups in total. The Kier molecular flexibility index (Phi) is 5.66. The Morgan fingerprint density at radius 2 is 2.05 bits per heavy atom. The molecule has 0 bridgehead atoms. The average Bonchev–Trinajstić information content (AvgIpc) is 2.45. The molecule has 2 rings (SSSR count). The maximum atomic E-state index is 11.7. The summed E-state index contributed by atoms with van der Waals surface area (Å²) in [4.78, 5) is 11.7. The van der Waals surface area contributed by atoms with E-state index in [9.17, 15) is 4.79 Å². The van der Waals surface area contributed by atoms with Crippen LogP contribution in [0.5, 0.6) is 0 Å². The Morgan fingerprint density at radius 1 is 1.29 bits per heavy atom. The topological polar surface area (TPSA) is 41.1 Å². The average molecular weight is 288 g/mol. The second kappa shape index (κ2) is 7.48. The number of anilines is 2. The summed E-state index contributed by atoms with van der Waals surface area (Å²) in [5, 5.41) is 6.47. The van der Waals surface area contributed by atoms with Crippen molar-refractivity contribution >= 4 is 17.3 Å². The van der Waals surface area contributed by atoms with Crippen molar-refractivity contribution in [1.29, 1.82) is 0 Å². The van der Waals surface area contributed by atoms with Crippen LogP contribution in [0.1, 0.15) is 46.5 Å². The lowest BCUT2D eigenvalue weighted by atomic mass is 9.82. The van der Waals surface area contributed by atoms with E-state index in [1.54, 1.807) is 0 Å². The number of carbonyl (C=O) groups excluding carboxylic acids is 1. The van der Waals surface area contributed by atoms with E-state index in [2.05, 4.69) is 23.6 Å². The first-order valence-electron chi connectivity index (χ1n) is 8.19. The van der Waals surface area contributed by atoms with Crippen molar-refractivity contribution in [1.82, 2.24) is 0 Å². The molecule has 1 amide bonds. The minimum absolute atomic E-state index is 0.00495. The standard InChI is InChI=1S/C18H28N2O/c1-13(2)18(21)20-17-9-5-8-16(11-17)19-12-15-7-4-6-14(3)10-15/h5,8-9,11,13-15,19H,4,6-7,10,12H2,1-3H3,(H,20,21). The van der Waals surface area contributed by atoms with E-state index in [0.29, 0.717) is 0 Å². The van der Waals surface area contributed by atoms with Crippen molar-refractivity contribution in [3.8, 4) is 0 Å². The molecule has 1 aromatic carbocycles. The predicted octanol–water partition coefficient (Wildman–Crippen LogP) is 4.52. The van der Waals surface area contributed by atoms with Gasteiger partial charge in [-0.3, -0.25) is 4.79 Å². The van der Waals surface area contributed by atoms with Crippen LogP contribution >= 0.6 is 0 Å². The number of rotatable bonds is 5. The van der Waals surface area contributed by atoms with Gasteiger partial charge >= 0.3 is 0 Å². The highest BCUT2D eigenvalue weighted by Crippen LogP contribution is 2.29. The van der Waals surface area contributed by atoms with E-state index in [4.69, 9.17) is 0 Å². The van der Waals surface area contributed by atoms with Gasteiger partial charge in [-0.15, -0.1) is 0 Å². The first-order valence-corrected chi connectivity index (χ1v) is 8.19. The Balaban J connectivity index is 1.87. The molecule has 3 nitrogen and oxygen atoms in total. The normalized spacial score (nSPS) is 22.1. The van der Waals surface area contributed by atoms with Gasteiger partial charge in [-0.05, 0) is 42.9 Å². The molecule has 2 atom stereocenters. The van der Waals surface area contributed by atoms with Gasteiger partial charge in [0.05, 0.1) is 0 Å². The van der Waals surface area contributed by atoms with Crippen molar-refractivity contribution < 1.29 is 4.79 Å². The van der Waals surface area contributed by atoms with Gasteiger partial charge in [-0.25, -0.2) is 0 Å². The van der Waals surface area contributed by atoms with Crippen molar-refractivity contribution in [2.45, 2.75) is 46.5 Å². The molecule has 1 aromatic rings. The molecule has 21 heavy (non-hydrogen) atoms. The maximum absolute atomic E-state index is 11.7. The molecule has 116 valence electrons. The molecular formula is C18H28N2O. The number of nitrogens with one attached hydrogen (secondary N) is 2. The fourth-order valence-electron chi connectivity index (χ4n) is 3.00. The lowest BCUT2D eigenvalue weighted by molar-refractivity contribution is -0.118. The summed E-state index contributed by atoms with van der Waals surface area (Å²) in [6, 6.07) is 8.01. The number of carbonyl (C=O) groups is 1. The van der Waals surface area contributed by atoms with E-state index in [0.717, 1.165) is 29.8 Å². The highest BCUT2D eigenvalue weighted by molar-refractivity contribution is 5.92. The van der Waals surface area contributed by atoms with Crippen LogP contribution in [0.2, 0.25) is 0 Å². The van der Waals surface area contributed by atoms with Crippen LogP contribution in [0.25, 0.3) is 0 Å². The van der Waals surface area contributed by atoms with E-state index in [1.165, 1.54) is 25.7 Å². The zero-order valence-corrected chi connectivity index (χ0v) is 13.5. The van der Waals surface area contributed by atoms with E-state index in [1.807, 2.05) is 32.0 Å². The third-order valence-corrected chi connectivity index (χ3v) is 4.29. The van der Waals surface area contributed by atoms with Crippen LogP contribution in [0.15, 0.2) is 24.3 Å². The van der Waals surface area contributed by atoms with Crippen LogP contribution in [0, 0.1) is 17.8 Å². The predicted molar refractivity (Wildman–Crippen MR) is 89.5 cm³/mol. The zero-order chi connectivity index (χ0) is 15.2. The minimum atomic E-state index is 0.00495. The second-order valence-corrected chi connectivity index (χ2v) is 6.74. The summed E-state index contributed by atoms with van der Waals surface area (Å²) in [6.45, 7) is 7.20. The van der Waals surface area contributed by atoms with Crippen molar-refractivity contribution in [3.05, 3.63) is 24.3 Å². The van der Waals surface area contributed by atoms with Gasteiger partial charge < -0.3 is 10.6 Å². The summed E-state index contributed by atoms with van der Waals surface area (Å²) in [5.41, 5.74) is 1.96. The van der Waals surface area contributed by atoms with E-state index in [-0.39, 0.29) is 11.8 Å². The smallest absolute Gasteiger partial charge is 0.226 e. The molecule has 1 aliphatic carbocycles. The van der Waals surface area contributed by atoms with Gasteiger partial charge in [0, 0.05) is 23.8 Å². The molecule has 0 spiro atoms. The molecule has 0 heterocycles. The first-order chi connectivity index (χ1) is 10.0. The highest BCUT2D eigenvalue weighted by atomic mass is 16.1. The second-order valence-electron chi connectivity index (χ2n) is 6.74. The lowest BCUT2D eigenvalue weighted by Gasteiger charge is -2.27. The minimum Gasteiger partial charge on any atom is -0.385 e. The monoisotopic (exact) mass is 288 g/mol. The van der Waals surface area contributed by atoms with Crippen molar-refractivity contribution in [3.63, 3.8) is 0 Å². The molecule has 0 aromatic heterocycles. The van der Waals surface area contributed by atoms with E-state index >= 15 is 0 Å². The molecule has 1 saturated carbocycles. The fraction of sp³-hybridized carbons (Fsp3) is 0.611. The maximum Gasteiger partial charge on any atom is 0.226 e. The number of amides is 1. The largest absolute Gasteiger partial charge is 0.385 e. The van der Waals surface area contributed by atoms with Gasteiger partial charge in [0.2, 0.25) is 5.91 Å². The summed E-state index contributed by atoms with van der Waals surface area (Å²) >= 11 is 0. The SMILES string of the molecule is CC1CCCC(CNc2cccc(NC(=O)C(C)C)c2)C1. The summed E-state index contributed by atoms with van der Waals surface area (Å²) in [6.07, 6.45) is 5.41. The number of hydrogen-bond acceptors (Lipinski definition) is 2. The number of benzene rings is 1. The summed E-state index contributed by atoms with van der Waals surface area (Å²) < 4.78 is 0. The Hall–Kier alpha value is -1.51. The highest BCUT2D eigenvalue weighted by Gasteiger charge is 2.18. The van der Waals surface area contributed by atoms with Crippen LogP contribution in [-0.4, -0.2) is 12.5 Å². The summed E-state index contributed by atoms with van der Waals surface area (Å²) in [5.74, 6) is 1.71. The molecular weight excluding hydrogens is 260 g/mol. The molecule has 0 aliphatic heterocycles. The van der Waals surface area contributed by atoms with Crippen molar-refractivity contribution in [2.75, 3.05) is 17.2 Å². The first kappa shape index (κ1) is 15.9.